The molecule has 1 aliphatic rings. The highest BCUT2D eigenvalue weighted by Gasteiger charge is 2.29. The quantitative estimate of drug-likeness (QED) is 0.666. The summed E-state index contributed by atoms with van der Waals surface area (Å²) in [4.78, 5) is 18.1. The first-order chi connectivity index (χ1) is 12.0. The van der Waals surface area contributed by atoms with E-state index in [1.807, 2.05) is 17.0 Å². The van der Waals surface area contributed by atoms with Crippen molar-refractivity contribution >= 4 is 11.6 Å². The molecule has 2 unspecified atom stereocenters. The van der Waals surface area contributed by atoms with Crippen LogP contribution in [0.1, 0.15) is 11.6 Å². The molecule has 1 aliphatic heterocycles. The molecule has 0 aliphatic carbocycles. The van der Waals surface area contributed by atoms with Gasteiger partial charge in [0.25, 0.3) is 5.56 Å². The van der Waals surface area contributed by atoms with E-state index in [1.54, 1.807) is 19.3 Å². The highest BCUT2D eigenvalue weighted by molar-refractivity contribution is 6.29. The second kappa shape index (κ2) is 7.49. The molecule has 1 fully saturated rings. The van der Waals surface area contributed by atoms with Crippen molar-refractivity contribution in [3.05, 3.63) is 64.2 Å². The second-order valence-electron chi connectivity index (χ2n) is 5.95. The van der Waals surface area contributed by atoms with Gasteiger partial charge in [-0.2, -0.15) is 0 Å². The van der Waals surface area contributed by atoms with E-state index in [0.29, 0.717) is 36.2 Å². The number of hydrogen-bond donors (Lipinski definition) is 1. The molecule has 25 heavy (non-hydrogen) atoms. The van der Waals surface area contributed by atoms with Crippen molar-refractivity contribution in [3.63, 3.8) is 0 Å². The predicted molar refractivity (Wildman–Crippen MR) is 96.4 cm³/mol. The van der Waals surface area contributed by atoms with Gasteiger partial charge >= 0.3 is 0 Å². The van der Waals surface area contributed by atoms with E-state index >= 15 is 0 Å². The van der Waals surface area contributed by atoms with Crippen molar-refractivity contribution in [1.82, 2.24) is 14.5 Å². The van der Waals surface area contributed by atoms with Gasteiger partial charge < -0.3 is 14.4 Å². The minimum atomic E-state index is -0.770. The van der Waals surface area contributed by atoms with E-state index < -0.39 is 6.23 Å². The van der Waals surface area contributed by atoms with E-state index in [9.17, 15) is 9.90 Å². The first-order valence-electron chi connectivity index (χ1n) is 7.98. The van der Waals surface area contributed by atoms with Crippen LogP contribution in [0, 0.1) is 0 Å². The van der Waals surface area contributed by atoms with E-state index in [0.717, 1.165) is 5.56 Å². The Bertz CT molecular complexity index is 837. The van der Waals surface area contributed by atoms with Crippen molar-refractivity contribution in [2.45, 2.75) is 12.3 Å². The summed E-state index contributed by atoms with van der Waals surface area (Å²) in [6.07, 6.45) is 2.41. The number of morpholine rings is 1. The Balaban J connectivity index is 2.02. The van der Waals surface area contributed by atoms with Gasteiger partial charge in [-0.05, 0) is 29.8 Å². The Morgan fingerprint density at radius 1 is 1.48 bits per heavy atom. The fourth-order valence-electron chi connectivity index (χ4n) is 2.92. The Morgan fingerprint density at radius 2 is 2.28 bits per heavy atom. The molecule has 1 N–H and O–H groups in total. The monoisotopic (exact) mass is 361 g/mol. The van der Waals surface area contributed by atoms with Gasteiger partial charge in [-0.25, -0.2) is 4.98 Å². The number of aliphatic hydroxyl groups is 1. The van der Waals surface area contributed by atoms with Crippen LogP contribution in [0.25, 0.3) is 11.3 Å². The smallest absolute Gasteiger partial charge is 0.250 e. The highest BCUT2D eigenvalue weighted by Crippen LogP contribution is 2.30. The summed E-state index contributed by atoms with van der Waals surface area (Å²) in [5.74, 6) is 0. The van der Waals surface area contributed by atoms with Gasteiger partial charge in [0.2, 0.25) is 0 Å². The third kappa shape index (κ3) is 3.82. The number of aryl methyl sites for hydroxylation is 1. The molecule has 3 rings (SSSR count). The molecule has 2 aromatic heterocycles. The normalized spacial score (nSPS) is 19.6. The largest absolute Gasteiger partial charge is 0.378 e. The van der Waals surface area contributed by atoms with E-state index in [4.69, 9.17) is 16.3 Å². The molecule has 132 valence electrons. The van der Waals surface area contributed by atoms with Crippen LogP contribution in [0.3, 0.4) is 0 Å². The molecular formula is C18H20ClN3O3. The lowest BCUT2D eigenvalue weighted by molar-refractivity contribution is -0.0760. The standard InChI is InChI=1S/C18H20ClN3O3/c1-3-17(23)22-6-7-25-11-15(22)13-8-14(20-16(19)9-13)12-4-5-21(2)18(24)10-12/h3-5,8-10,15,17,23H,1,6-7,11H2,2H3. The predicted octanol–water partition coefficient (Wildman–Crippen LogP) is 1.98. The van der Waals surface area contributed by atoms with Gasteiger partial charge in [0.1, 0.15) is 11.4 Å². The molecule has 6 nitrogen and oxygen atoms in total. The van der Waals surface area contributed by atoms with Crippen LogP contribution >= 0.6 is 11.6 Å². The Kier molecular flexibility index (Phi) is 5.34. The molecule has 0 bridgehead atoms. The number of halogens is 1. The summed E-state index contributed by atoms with van der Waals surface area (Å²) < 4.78 is 7.07. The van der Waals surface area contributed by atoms with Gasteiger partial charge in [0, 0.05) is 31.4 Å². The molecule has 2 aromatic rings. The lowest BCUT2D eigenvalue weighted by atomic mass is 10.0. The van der Waals surface area contributed by atoms with E-state index in [-0.39, 0.29) is 11.6 Å². The topological polar surface area (TPSA) is 67.6 Å². The Morgan fingerprint density at radius 3 is 3.00 bits per heavy atom. The minimum absolute atomic E-state index is 0.120. The number of nitrogens with zero attached hydrogens (tertiary/aromatic N) is 3. The van der Waals surface area contributed by atoms with Crippen LogP contribution in [-0.4, -0.2) is 45.5 Å². The number of pyridine rings is 2. The number of aliphatic hydroxyl groups excluding tert-OH is 1. The molecule has 0 radical (unpaired) electrons. The average molecular weight is 362 g/mol. The fourth-order valence-corrected chi connectivity index (χ4v) is 3.14. The number of hydrogen-bond acceptors (Lipinski definition) is 5. The van der Waals surface area contributed by atoms with Crippen molar-refractivity contribution in [1.29, 1.82) is 0 Å². The maximum absolute atomic E-state index is 11.9. The third-order valence-electron chi connectivity index (χ3n) is 4.32. The summed E-state index contributed by atoms with van der Waals surface area (Å²) in [5.41, 5.74) is 2.06. The zero-order valence-electron chi connectivity index (χ0n) is 13.9. The highest BCUT2D eigenvalue weighted by atomic mass is 35.5. The first-order valence-corrected chi connectivity index (χ1v) is 8.36. The van der Waals surface area contributed by atoms with Crippen LogP contribution in [0.5, 0.6) is 0 Å². The minimum Gasteiger partial charge on any atom is -0.378 e. The maximum Gasteiger partial charge on any atom is 0.250 e. The molecule has 2 atom stereocenters. The fraction of sp³-hybridized carbons (Fsp3) is 0.333. The van der Waals surface area contributed by atoms with Crippen LogP contribution in [-0.2, 0) is 11.8 Å². The summed E-state index contributed by atoms with van der Waals surface area (Å²) >= 11 is 6.21. The van der Waals surface area contributed by atoms with Crippen molar-refractivity contribution < 1.29 is 9.84 Å². The number of rotatable bonds is 4. The van der Waals surface area contributed by atoms with Gasteiger partial charge in [-0.3, -0.25) is 9.69 Å². The molecule has 0 amide bonds. The molecule has 0 aromatic carbocycles. The molecular weight excluding hydrogens is 342 g/mol. The third-order valence-corrected chi connectivity index (χ3v) is 4.52. The number of aromatic nitrogens is 2. The van der Waals surface area contributed by atoms with Crippen molar-refractivity contribution in [3.8, 4) is 11.3 Å². The van der Waals surface area contributed by atoms with E-state index in [2.05, 4.69) is 11.6 Å². The average Bonchev–Trinajstić information content (AvgIpc) is 2.62. The number of ether oxygens (including phenoxy) is 1. The molecule has 3 heterocycles. The molecule has 1 saturated heterocycles. The van der Waals surface area contributed by atoms with E-state index in [1.165, 1.54) is 16.7 Å². The van der Waals surface area contributed by atoms with Crippen LogP contribution in [0.4, 0.5) is 0 Å². The maximum atomic E-state index is 11.9. The summed E-state index contributed by atoms with van der Waals surface area (Å²) in [6, 6.07) is 6.80. The SMILES string of the molecule is C=CC(O)N1CCOCC1c1cc(Cl)nc(-c2ccn(C)c(=O)c2)c1. The summed E-state index contributed by atoms with van der Waals surface area (Å²) in [6.45, 7) is 5.21. The lowest BCUT2D eigenvalue weighted by Gasteiger charge is -2.38. The Labute approximate surface area is 150 Å². The summed E-state index contributed by atoms with van der Waals surface area (Å²) in [7, 11) is 1.69. The van der Waals surface area contributed by atoms with Gasteiger partial charge in [0.15, 0.2) is 0 Å². The van der Waals surface area contributed by atoms with Gasteiger partial charge in [-0.15, -0.1) is 0 Å². The first kappa shape index (κ1) is 17.8. The van der Waals surface area contributed by atoms with Crippen molar-refractivity contribution in [2.75, 3.05) is 19.8 Å². The van der Waals surface area contributed by atoms with Crippen LogP contribution in [0.2, 0.25) is 5.15 Å². The van der Waals surface area contributed by atoms with Gasteiger partial charge in [-0.1, -0.05) is 18.2 Å². The molecule has 0 saturated carbocycles. The second-order valence-corrected chi connectivity index (χ2v) is 6.34. The van der Waals surface area contributed by atoms with Crippen molar-refractivity contribution in [2.24, 2.45) is 7.05 Å². The van der Waals surface area contributed by atoms with Crippen LogP contribution < -0.4 is 5.56 Å². The summed E-state index contributed by atoms with van der Waals surface area (Å²) in [5, 5.41) is 10.5. The molecule has 0 spiro atoms. The molecule has 7 heteroatoms. The zero-order chi connectivity index (χ0) is 18.0. The Hall–Kier alpha value is -1.99. The van der Waals surface area contributed by atoms with Gasteiger partial charge in [0.05, 0.1) is 24.9 Å². The van der Waals surface area contributed by atoms with Crippen LogP contribution in [0.15, 0.2) is 47.9 Å². The lowest BCUT2D eigenvalue weighted by Crippen LogP contribution is -2.45. The zero-order valence-corrected chi connectivity index (χ0v) is 14.7.